The number of rotatable bonds is 3. The van der Waals surface area contributed by atoms with E-state index in [0.29, 0.717) is 6.04 Å². The lowest BCUT2D eigenvalue weighted by Crippen LogP contribution is -2.34. The summed E-state index contributed by atoms with van der Waals surface area (Å²) in [5.41, 5.74) is 8.00. The third-order valence-corrected chi connectivity index (χ3v) is 3.41. The van der Waals surface area contributed by atoms with E-state index in [0.717, 1.165) is 23.6 Å². The molecule has 1 fully saturated rings. The Hall–Kier alpha value is -1.25. The van der Waals surface area contributed by atoms with Crippen molar-refractivity contribution in [3.63, 3.8) is 0 Å². The fraction of sp³-hybridized carbons (Fsp3) is 0.615. The molecule has 0 aromatic carbocycles. The van der Waals surface area contributed by atoms with Crippen LogP contribution in [0.15, 0.2) is 12.3 Å². The molecule has 1 aliphatic carbocycles. The lowest BCUT2D eigenvalue weighted by molar-refractivity contribution is 0.614. The topological polar surface area (TPSA) is 42.2 Å². The van der Waals surface area contributed by atoms with Crippen LogP contribution in [-0.4, -0.2) is 17.6 Å². The summed E-state index contributed by atoms with van der Waals surface area (Å²) in [4.78, 5) is 6.86. The number of hydrogen-bond donors (Lipinski definition) is 1. The van der Waals surface area contributed by atoms with Gasteiger partial charge in [0.2, 0.25) is 0 Å². The van der Waals surface area contributed by atoms with Gasteiger partial charge >= 0.3 is 0 Å². The maximum absolute atomic E-state index is 6.06. The van der Waals surface area contributed by atoms with Crippen LogP contribution in [0, 0.1) is 6.92 Å². The molecule has 0 radical (unpaired) electrons. The summed E-state index contributed by atoms with van der Waals surface area (Å²) in [6.45, 7) is 5.20. The summed E-state index contributed by atoms with van der Waals surface area (Å²) < 4.78 is 0. The van der Waals surface area contributed by atoms with Crippen molar-refractivity contribution in [2.75, 3.05) is 17.2 Å². The van der Waals surface area contributed by atoms with Gasteiger partial charge in [-0.25, -0.2) is 4.98 Å². The van der Waals surface area contributed by atoms with Crippen LogP contribution >= 0.6 is 0 Å². The Morgan fingerprint density at radius 1 is 1.44 bits per heavy atom. The predicted octanol–water partition coefficient (Wildman–Crippen LogP) is 2.74. The average molecular weight is 219 g/mol. The van der Waals surface area contributed by atoms with Crippen molar-refractivity contribution in [1.82, 2.24) is 4.98 Å². The van der Waals surface area contributed by atoms with E-state index in [1.54, 1.807) is 0 Å². The van der Waals surface area contributed by atoms with E-state index >= 15 is 0 Å². The summed E-state index contributed by atoms with van der Waals surface area (Å²) in [6.07, 6.45) is 7.15. The molecule has 1 aliphatic rings. The largest absolute Gasteiger partial charge is 0.396 e. The first-order valence-electron chi connectivity index (χ1n) is 6.21. The van der Waals surface area contributed by atoms with Gasteiger partial charge in [0.05, 0.1) is 5.69 Å². The highest BCUT2D eigenvalue weighted by atomic mass is 15.2. The molecule has 1 aromatic rings. The molecule has 3 nitrogen and oxygen atoms in total. The predicted molar refractivity (Wildman–Crippen MR) is 68.7 cm³/mol. The van der Waals surface area contributed by atoms with Gasteiger partial charge in [-0.15, -0.1) is 0 Å². The van der Waals surface area contributed by atoms with Crippen LogP contribution in [0.3, 0.4) is 0 Å². The zero-order valence-electron chi connectivity index (χ0n) is 10.2. The molecule has 1 aromatic heterocycles. The van der Waals surface area contributed by atoms with Gasteiger partial charge in [-0.1, -0.05) is 12.8 Å². The fourth-order valence-corrected chi connectivity index (χ4v) is 2.62. The molecule has 2 N–H and O–H groups in total. The molecule has 0 unspecified atom stereocenters. The first kappa shape index (κ1) is 11.2. The van der Waals surface area contributed by atoms with Gasteiger partial charge in [-0.2, -0.15) is 0 Å². The lowest BCUT2D eigenvalue weighted by atomic mass is 10.2. The van der Waals surface area contributed by atoms with Gasteiger partial charge < -0.3 is 10.6 Å². The van der Waals surface area contributed by atoms with Crippen molar-refractivity contribution in [3.8, 4) is 0 Å². The van der Waals surface area contributed by atoms with Gasteiger partial charge in [-0.05, 0) is 38.3 Å². The number of aromatic nitrogens is 1. The zero-order valence-corrected chi connectivity index (χ0v) is 10.2. The molecule has 0 saturated heterocycles. The quantitative estimate of drug-likeness (QED) is 0.850. The number of pyridine rings is 1. The van der Waals surface area contributed by atoms with Crippen LogP contribution in [0.1, 0.15) is 38.2 Å². The highest BCUT2D eigenvalue weighted by molar-refractivity contribution is 5.63. The molecule has 1 heterocycles. The van der Waals surface area contributed by atoms with E-state index in [2.05, 4.69) is 16.8 Å². The second-order valence-corrected chi connectivity index (χ2v) is 4.65. The molecular formula is C13H21N3. The van der Waals surface area contributed by atoms with Gasteiger partial charge in [0.1, 0.15) is 0 Å². The van der Waals surface area contributed by atoms with Gasteiger partial charge in [0.25, 0.3) is 0 Å². The average Bonchev–Trinajstić information content (AvgIpc) is 2.75. The van der Waals surface area contributed by atoms with Crippen LogP contribution in [0.5, 0.6) is 0 Å². The Morgan fingerprint density at radius 3 is 2.69 bits per heavy atom. The zero-order chi connectivity index (χ0) is 11.5. The van der Waals surface area contributed by atoms with E-state index in [-0.39, 0.29) is 0 Å². The van der Waals surface area contributed by atoms with Crippen LogP contribution < -0.4 is 10.6 Å². The molecule has 0 amide bonds. The Balaban J connectivity index is 2.25. The Morgan fingerprint density at radius 2 is 2.12 bits per heavy atom. The molecule has 0 aliphatic heterocycles. The maximum atomic E-state index is 6.06. The van der Waals surface area contributed by atoms with Crippen LogP contribution in [0.4, 0.5) is 11.5 Å². The van der Waals surface area contributed by atoms with Crippen molar-refractivity contribution in [1.29, 1.82) is 0 Å². The van der Waals surface area contributed by atoms with Crippen LogP contribution in [0.25, 0.3) is 0 Å². The van der Waals surface area contributed by atoms with Crippen LogP contribution in [0.2, 0.25) is 0 Å². The van der Waals surface area contributed by atoms with Gasteiger partial charge in [-0.3, -0.25) is 0 Å². The van der Waals surface area contributed by atoms with E-state index in [4.69, 9.17) is 5.73 Å². The number of hydrogen-bond acceptors (Lipinski definition) is 3. The third kappa shape index (κ3) is 2.13. The number of aryl methyl sites for hydroxylation is 1. The van der Waals surface area contributed by atoms with Crippen molar-refractivity contribution < 1.29 is 0 Å². The normalized spacial score (nSPS) is 16.6. The van der Waals surface area contributed by atoms with Crippen molar-refractivity contribution >= 4 is 11.5 Å². The van der Waals surface area contributed by atoms with Gasteiger partial charge in [0, 0.05) is 18.8 Å². The monoisotopic (exact) mass is 219 g/mol. The number of nitrogens with zero attached hydrogens (tertiary/aromatic N) is 2. The van der Waals surface area contributed by atoms with Crippen molar-refractivity contribution in [3.05, 3.63) is 17.8 Å². The van der Waals surface area contributed by atoms with E-state index in [1.165, 1.54) is 25.7 Å². The van der Waals surface area contributed by atoms with E-state index < -0.39 is 0 Å². The Labute approximate surface area is 97.7 Å². The first-order chi connectivity index (χ1) is 7.72. The summed E-state index contributed by atoms with van der Waals surface area (Å²) in [6, 6.07) is 2.66. The van der Waals surface area contributed by atoms with Crippen molar-refractivity contribution in [2.24, 2.45) is 0 Å². The number of anilines is 2. The van der Waals surface area contributed by atoms with Gasteiger partial charge in [0.15, 0.2) is 5.82 Å². The summed E-state index contributed by atoms with van der Waals surface area (Å²) >= 11 is 0. The molecule has 16 heavy (non-hydrogen) atoms. The summed E-state index contributed by atoms with van der Waals surface area (Å²) in [5.74, 6) is 0.972. The molecule has 0 spiro atoms. The standard InChI is InChI=1S/C13H21N3/c1-3-16(11-6-4-5-7-11)13-12(14)8-10(2)9-15-13/h8-9,11H,3-7,14H2,1-2H3. The molecule has 2 rings (SSSR count). The minimum atomic E-state index is 0.641. The van der Waals surface area contributed by atoms with Crippen molar-refractivity contribution in [2.45, 2.75) is 45.6 Å². The Kier molecular flexibility index (Phi) is 3.32. The minimum Gasteiger partial charge on any atom is -0.396 e. The molecule has 88 valence electrons. The number of nitrogens with two attached hydrogens (primary N) is 1. The smallest absolute Gasteiger partial charge is 0.152 e. The molecule has 0 atom stereocenters. The second-order valence-electron chi connectivity index (χ2n) is 4.65. The minimum absolute atomic E-state index is 0.641. The molecule has 0 bridgehead atoms. The first-order valence-corrected chi connectivity index (χ1v) is 6.21. The Bertz CT molecular complexity index is 356. The molecular weight excluding hydrogens is 198 g/mol. The second kappa shape index (κ2) is 4.73. The van der Waals surface area contributed by atoms with Crippen LogP contribution in [-0.2, 0) is 0 Å². The fourth-order valence-electron chi connectivity index (χ4n) is 2.62. The summed E-state index contributed by atoms with van der Waals surface area (Å²) in [7, 11) is 0. The highest BCUT2D eigenvalue weighted by Crippen LogP contribution is 2.30. The maximum Gasteiger partial charge on any atom is 0.152 e. The molecule has 3 heteroatoms. The highest BCUT2D eigenvalue weighted by Gasteiger charge is 2.23. The SMILES string of the molecule is CCN(c1ncc(C)cc1N)C1CCCC1. The number of nitrogen functional groups attached to an aromatic ring is 1. The lowest BCUT2D eigenvalue weighted by Gasteiger charge is -2.29. The summed E-state index contributed by atoms with van der Waals surface area (Å²) in [5, 5.41) is 0. The van der Waals surface area contributed by atoms with E-state index in [9.17, 15) is 0 Å². The third-order valence-electron chi connectivity index (χ3n) is 3.41. The van der Waals surface area contributed by atoms with E-state index in [1.807, 2.05) is 19.2 Å². The molecule has 1 saturated carbocycles.